The highest BCUT2D eigenvalue weighted by Crippen LogP contribution is 2.30. The molecule has 2 heterocycles. The summed E-state index contributed by atoms with van der Waals surface area (Å²) < 4.78 is 0. The minimum absolute atomic E-state index is 0.00976. The highest BCUT2D eigenvalue weighted by Gasteiger charge is 2.27. The second-order valence-electron chi connectivity index (χ2n) is 7.96. The van der Waals surface area contributed by atoms with Gasteiger partial charge in [-0.1, -0.05) is 54.1 Å². The van der Waals surface area contributed by atoms with Crippen LogP contribution in [0.4, 0.5) is 0 Å². The number of aryl methyl sites for hydroxylation is 2. The second kappa shape index (κ2) is 10.3. The lowest BCUT2D eigenvalue weighted by atomic mass is 10.1. The van der Waals surface area contributed by atoms with Crippen molar-refractivity contribution in [1.29, 1.82) is 0 Å². The first kappa shape index (κ1) is 22.5. The molecule has 32 heavy (non-hydrogen) atoms. The molecule has 0 radical (unpaired) electrons. The van der Waals surface area contributed by atoms with Crippen LogP contribution in [-0.4, -0.2) is 52.8 Å². The molecule has 1 aromatic heterocycles. The van der Waals surface area contributed by atoms with Gasteiger partial charge in [-0.3, -0.25) is 9.59 Å². The lowest BCUT2D eigenvalue weighted by molar-refractivity contribution is -0.132. The number of hydrogen-bond donors (Lipinski definition) is 0. The molecule has 3 aromatic rings. The Hall–Kier alpha value is -2.70. The minimum Gasteiger partial charge on any atom is -0.339 e. The maximum absolute atomic E-state index is 13.1. The van der Waals surface area contributed by atoms with Crippen molar-refractivity contribution in [2.75, 3.05) is 26.2 Å². The maximum atomic E-state index is 13.1. The first-order valence-electron chi connectivity index (χ1n) is 10.9. The Morgan fingerprint density at radius 2 is 1.72 bits per heavy atom. The molecule has 0 spiro atoms. The molecule has 7 heteroatoms. The van der Waals surface area contributed by atoms with Gasteiger partial charge < -0.3 is 9.80 Å². The van der Waals surface area contributed by atoms with E-state index >= 15 is 0 Å². The van der Waals surface area contributed by atoms with Gasteiger partial charge in [-0.05, 0) is 37.5 Å². The second-order valence-corrected chi connectivity index (χ2v) is 9.39. The molecule has 0 bridgehead atoms. The Labute approximate surface area is 197 Å². The first-order chi connectivity index (χ1) is 15.5. The topological polar surface area (TPSA) is 53.5 Å². The average Bonchev–Trinajstić information content (AvgIpc) is 3.21. The molecule has 0 N–H and O–H groups in total. The molecular weight excluding hydrogens is 442 g/mol. The summed E-state index contributed by atoms with van der Waals surface area (Å²) in [5, 5.41) is 1.44. The van der Waals surface area contributed by atoms with Crippen LogP contribution in [0.15, 0.2) is 54.6 Å². The predicted molar refractivity (Wildman–Crippen MR) is 129 cm³/mol. The van der Waals surface area contributed by atoms with Crippen molar-refractivity contribution in [2.24, 2.45) is 0 Å². The van der Waals surface area contributed by atoms with E-state index in [-0.39, 0.29) is 11.8 Å². The number of carbonyl (C=O) groups excluding carboxylic acids is 2. The summed E-state index contributed by atoms with van der Waals surface area (Å²) in [5.41, 5.74) is 2.90. The van der Waals surface area contributed by atoms with E-state index in [1.54, 1.807) is 0 Å². The molecule has 1 aliphatic heterocycles. The van der Waals surface area contributed by atoms with Crippen LogP contribution < -0.4 is 0 Å². The smallest absolute Gasteiger partial charge is 0.265 e. The van der Waals surface area contributed by atoms with E-state index < -0.39 is 0 Å². The van der Waals surface area contributed by atoms with Crippen LogP contribution in [0, 0.1) is 6.92 Å². The van der Waals surface area contributed by atoms with Gasteiger partial charge in [-0.15, -0.1) is 11.3 Å². The normalized spacial score (nSPS) is 13.9. The number of benzene rings is 2. The van der Waals surface area contributed by atoms with Gasteiger partial charge in [-0.25, -0.2) is 4.98 Å². The SMILES string of the molecule is Cc1nc(-c2cccc(Cl)c2)sc1C(=O)N1CCN(C(=O)CCCc2ccccc2)CC1. The van der Waals surface area contributed by atoms with Gasteiger partial charge >= 0.3 is 0 Å². The zero-order chi connectivity index (χ0) is 22.5. The van der Waals surface area contributed by atoms with Gasteiger partial charge in [0.05, 0.1) is 5.69 Å². The highest BCUT2D eigenvalue weighted by molar-refractivity contribution is 7.17. The maximum Gasteiger partial charge on any atom is 0.265 e. The molecule has 166 valence electrons. The van der Waals surface area contributed by atoms with Crippen LogP contribution in [0.5, 0.6) is 0 Å². The fourth-order valence-corrected chi connectivity index (χ4v) is 5.11. The standard InChI is InChI=1S/C25H26ClN3O2S/c1-18-23(32-24(27-18)20-10-6-11-21(26)17-20)25(31)29-15-13-28(14-16-29)22(30)12-5-9-19-7-3-2-4-8-19/h2-4,6-8,10-11,17H,5,9,12-16H2,1H3. The largest absolute Gasteiger partial charge is 0.339 e. The molecule has 0 atom stereocenters. The molecular formula is C25H26ClN3O2S. The van der Waals surface area contributed by atoms with Gasteiger partial charge in [0, 0.05) is 43.2 Å². The lowest BCUT2D eigenvalue weighted by Gasteiger charge is -2.34. The molecule has 1 saturated heterocycles. The summed E-state index contributed by atoms with van der Waals surface area (Å²) in [6, 6.07) is 17.7. The van der Waals surface area contributed by atoms with E-state index in [0.29, 0.717) is 42.5 Å². The first-order valence-corrected chi connectivity index (χ1v) is 12.0. The van der Waals surface area contributed by atoms with E-state index in [2.05, 4.69) is 17.1 Å². The number of nitrogens with zero attached hydrogens (tertiary/aromatic N) is 3. The lowest BCUT2D eigenvalue weighted by Crippen LogP contribution is -2.50. The van der Waals surface area contributed by atoms with Crippen molar-refractivity contribution in [3.8, 4) is 10.6 Å². The number of amides is 2. The summed E-state index contributed by atoms with van der Waals surface area (Å²) >= 11 is 7.49. The summed E-state index contributed by atoms with van der Waals surface area (Å²) in [4.78, 5) is 34.6. The van der Waals surface area contributed by atoms with Crippen molar-refractivity contribution in [1.82, 2.24) is 14.8 Å². The van der Waals surface area contributed by atoms with E-state index in [4.69, 9.17) is 11.6 Å². The van der Waals surface area contributed by atoms with E-state index in [0.717, 1.165) is 29.1 Å². The molecule has 4 rings (SSSR count). The molecule has 2 aromatic carbocycles. The van der Waals surface area contributed by atoms with Gasteiger partial charge in [-0.2, -0.15) is 0 Å². The van der Waals surface area contributed by atoms with Crippen LogP contribution in [-0.2, 0) is 11.2 Å². The summed E-state index contributed by atoms with van der Waals surface area (Å²) in [7, 11) is 0. The summed E-state index contributed by atoms with van der Waals surface area (Å²) in [6.45, 7) is 4.12. The fourth-order valence-electron chi connectivity index (χ4n) is 3.89. The third-order valence-corrected chi connectivity index (χ3v) is 7.11. The number of piperazine rings is 1. The van der Waals surface area contributed by atoms with Crippen molar-refractivity contribution in [3.63, 3.8) is 0 Å². The van der Waals surface area contributed by atoms with Gasteiger partial charge in [0.1, 0.15) is 9.88 Å². The van der Waals surface area contributed by atoms with Crippen LogP contribution in [0.3, 0.4) is 0 Å². The molecule has 1 aliphatic rings. The van der Waals surface area contributed by atoms with Crippen molar-refractivity contribution >= 4 is 34.8 Å². The molecule has 0 saturated carbocycles. The summed E-state index contributed by atoms with van der Waals surface area (Å²) in [6.07, 6.45) is 2.29. The zero-order valence-electron chi connectivity index (χ0n) is 18.1. The highest BCUT2D eigenvalue weighted by atomic mass is 35.5. The molecule has 2 amide bonds. The Bertz CT molecular complexity index is 1090. The number of rotatable bonds is 6. The average molecular weight is 468 g/mol. The number of halogens is 1. The Kier molecular flexibility index (Phi) is 7.22. The van der Waals surface area contributed by atoms with Gasteiger partial charge in [0.25, 0.3) is 5.91 Å². The summed E-state index contributed by atoms with van der Waals surface area (Å²) in [5.74, 6) is 0.162. The zero-order valence-corrected chi connectivity index (χ0v) is 19.7. The van der Waals surface area contributed by atoms with Crippen LogP contribution in [0.2, 0.25) is 5.02 Å². The van der Waals surface area contributed by atoms with Crippen molar-refractivity contribution < 1.29 is 9.59 Å². The Morgan fingerprint density at radius 3 is 2.44 bits per heavy atom. The number of thiazole rings is 1. The quantitative estimate of drug-likeness (QED) is 0.508. The van der Waals surface area contributed by atoms with E-state index in [9.17, 15) is 9.59 Å². The molecule has 0 aliphatic carbocycles. The predicted octanol–water partition coefficient (Wildman–Crippen LogP) is 5.08. The molecule has 5 nitrogen and oxygen atoms in total. The molecule has 1 fully saturated rings. The van der Waals surface area contributed by atoms with E-state index in [1.807, 2.05) is 59.2 Å². The fraction of sp³-hybridized carbons (Fsp3) is 0.320. The Morgan fingerprint density at radius 1 is 1.00 bits per heavy atom. The van der Waals surface area contributed by atoms with Gasteiger partial charge in [0.15, 0.2) is 0 Å². The Balaban J connectivity index is 1.30. The third-order valence-electron chi connectivity index (χ3n) is 5.68. The minimum atomic E-state index is -0.00976. The third kappa shape index (κ3) is 5.37. The monoisotopic (exact) mass is 467 g/mol. The number of carbonyl (C=O) groups is 2. The molecule has 0 unspecified atom stereocenters. The van der Waals surface area contributed by atoms with Gasteiger partial charge in [0.2, 0.25) is 5.91 Å². The van der Waals surface area contributed by atoms with Crippen LogP contribution >= 0.6 is 22.9 Å². The van der Waals surface area contributed by atoms with Crippen LogP contribution in [0.25, 0.3) is 10.6 Å². The van der Waals surface area contributed by atoms with Crippen molar-refractivity contribution in [3.05, 3.63) is 75.8 Å². The van der Waals surface area contributed by atoms with Crippen LogP contribution in [0.1, 0.15) is 33.8 Å². The van der Waals surface area contributed by atoms with Crippen molar-refractivity contribution in [2.45, 2.75) is 26.2 Å². The number of aromatic nitrogens is 1. The number of hydrogen-bond acceptors (Lipinski definition) is 4. The van der Waals surface area contributed by atoms with E-state index in [1.165, 1.54) is 16.9 Å².